The van der Waals surface area contributed by atoms with E-state index in [-0.39, 0.29) is 23.4 Å². The third-order valence-electron chi connectivity index (χ3n) is 5.58. The molecule has 1 aliphatic heterocycles. The number of nitro groups is 1. The number of nitrogens with zero attached hydrogens (tertiary/aromatic N) is 4. The molecule has 12 heteroatoms. The van der Waals surface area contributed by atoms with Crippen LogP contribution < -0.4 is 10.2 Å². The molecule has 33 heavy (non-hydrogen) atoms. The Bertz CT molecular complexity index is 1270. The molecule has 1 aliphatic carbocycles. The van der Waals surface area contributed by atoms with Gasteiger partial charge in [0.1, 0.15) is 0 Å². The van der Waals surface area contributed by atoms with Crippen molar-refractivity contribution in [1.29, 1.82) is 5.26 Å². The van der Waals surface area contributed by atoms with Crippen LogP contribution in [0.2, 0.25) is 0 Å². The van der Waals surface area contributed by atoms with E-state index >= 15 is 0 Å². The molecule has 9 nitrogen and oxygen atoms in total. The summed E-state index contributed by atoms with van der Waals surface area (Å²) in [5, 5.41) is 33.3. The number of benzene rings is 1. The maximum absolute atomic E-state index is 12.7. The number of fused-ring (bicyclic) bond motifs is 3. The summed E-state index contributed by atoms with van der Waals surface area (Å²) in [6.07, 6.45) is -3.11. The Balaban J connectivity index is 1.86. The first-order valence-corrected chi connectivity index (χ1v) is 9.66. The fourth-order valence-electron chi connectivity index (χ4n) is 4.03. The smallest absolute Gasteiger partial charge is 0.368 e. The summed E-state index contributed by atoms with van der Waals surface area (Å²) in [6.45, 7) is 0. The van der Waals surface area contributed by atoms with Gasteiger partial charge in [-0.15, -0.1) is 0 Å². The van der Waals surface area contributed by atoms with Crippen LogP contribution in [0.4, 0.5) is 30.2 Å². The van der Waals surface area contributed by atoms with Crippen molar-refractivity contribution in [2.75, 3.05) is 4.90 Å². The van der Waals surface area contributed by atoms with Crippen LogP contribution in [-0.2, 0) is 18.3 Å². The third-order valence-corrected chi connectivity index (χ3v) is 5.58. The third kappa shape index (κ3) is 3.72. The number of aromatic nitrogens is 1. The summed E-state index contributed by atoms with van der Waals surface area (Å²) in [6, 6.07) is 7.23. The summed E-state index contributed by atoms with van der Waals surface area (Å²) in [5.74, 6) is -2.08. The molecule has 0 saturated heterocycles. The minimum absolute atomic E-state index is 0.0216. The van der Waals surface area contributed by atoms with Crippen molar-refractivity contribution in [2.45, 2.75) is 25.2 Å². The van der Waals surface area contributed by atoms with Crippen LogP contribution in [0.15, 0.2) is 35.5 Å². The maximum Gasteiger partial charge on any atom is 0.471 e. The molecule has 0 spiro atoms. The van der Waals surface area contributed by atoms with E-state index in [1.165, 1.54) is 41.3 Å². The van der Waals surface area contributed by atoms with Gasteiger partial charge in [-0.3, -0.25) is 14.9 Å². The van der Waals surface area contributed by atoms with E-state index in [2.05, 4.69) is 0 Å². The van der Waals surface area contributed by atoms with E-state index in [0.717, 1.165) is 5.69 Å². The predicted molar refractivity (Wildman–Crippen MR) is 111 cm³/mol. The highest BCUT2D eigenvalue weighted by Crippen LogP contribution is 2.45. The molecule has 2 N–H and O–H groups in total. The Morgan fingerprint density at radius 3 is 2.52 bits per heavy atom. The molecule has 2 heterocycles. The summed E-state index contributed by atoms with van der Waals surface area (Å²) < 4.78 is 39.9. The van der Waals surface area contributed by atoms with Crippen molar-refractivity contribution in [1.82, 2.24) is 9.88 Å². The van der Waals surface area contributed by atoms with Crippen LogP contribution >= 0.6 is 0 Å². The van der Waals surface area contributed by atoms with Crippen molar-refractivity contribution in [3.05, 3.63) is 62.6 Å². The van der Waals surface area contributed by atoms with E-state index in [9.17, 15) is 38.4 Å². The van der Waals surface area contributed by atoms with E-state index < -0.39 is 23.2 Å². The number of alkyl halides is 3. The monoisotopic (exact) mass is 459 g/mol. The lowest BCUT2D eigenvalue weighted by Crippen LogP contribution is -2.37. The minimum Gasteiger partial charge on any atom is -0.368 e. The first kappa shape index (κ1) is 22.1. The number of carbonyl (C=O) groups is 1. The van der Waals surface area contributed by atoms with Crippen LogP contribution in [0, 0.1) is 21.4 Å². The lowest BCUT2D eigenvalue weighted by Gasteiger charge is -2.33. The molecule has 1 aromatic heterocycles. The summed E-state index contributed by atoms with van der Waals surface area (Å²) in [5.41, 5.74) is 2.39. The molecule has 2 aromatic rings. The number of allylic oxidation sites excluding steroid dienone is 1. The van der Waals surface area contributed by atoms with Crippen LogP contribution in [0.1, 0.15) is 23.4 Å². The molecular weight excluding hydrogens is 443 g/mol. The van der Waals surface area contributed by atoms with E-state index in [1.807, 2.05) is 11.4 Å². The quantitative estimate of drug-likeness (QED) is 0.536. The van der Waals surface area contributed by atoms with Gasteiger partial charge >= 0.3 is 12.1 Å². The number of anilines is 2. The first-order chi connectivity index (χ1) is 15.5. The molecule has 1 atom stereocenters. The van der Waals surface area contributed by atoms with Gasteiger partial charge in [0.15, 0.2) is 6.23 Å². The molecular formula is C21H16F3N5O4. The minimum atomic E-state index is -5.04. The average molecular weight is 459 g/mol. The number of nitrogens with one attached hydrogen (secondary N) is 1. The van der Waals surface area contributed by atoms with Gasteiger partial charge in [-0.1, -0.05) is 0 Å². The second-order valence-corrected chi connectivity index (χ2v) is 7.50. The topological polar surface area (TPSA) is 124 Å². The van der Waals surface area contributed by atoms with E-state index in [4.69, 9.17) is 0 Å². The molecule has 1 aromatic carbocycles. The highest BCUT2D eigenvalue weighted by molar-refractivity contribution is 5.90. The molecule has 0 saturated carbocycles. The molecule has 1 amide bonds. The summed E-state index contributed by atoms with van der Waals surface area (Å²) in [7, 11) is 1.72. The molecule has 4 rings (SSSR count). The first-order valence-electron chi connectivity index (χ1n) is 9.66. The second-order valence-electron chi connectivity index (χ2n) is 7.50. The van der Waals surface area contributed by atoms with Crippen molar-refractivity contribution in [3.63, 3.8) is 0 Å². The number of rotatable bonds is 3. The van der Waals surface area contributed by atoms with Crippen molar-refractivity contribution in [2.24, 2.45) is 7.05 Å². The van der Waals surface area contributed by atoms with Crippen molar-refractivity contribution in [3.8, 4) is 6.07 Å². The Morgan fingerprint density at radius 1 is 1.27 bits per heavy atom. The molecule has 1 unspecified atom stereocenters. The second kappa shape index (κ2) is 7.79. The standard InChI is InChI=1S/C21H16F3N5O4/c1-27-16-7-2-12(26-20(31)21(22,23)24)9-15(16)18-17(27)8-11(10-25)19(30)28(18)13-3-5-14(6-4-13)29(32)33/h3-6,8-9,19,30H,2,7H2,1H3,(H,26,31). The zero-order chi connectivity index (χ0) is 24.1. The lowest BCUT2D eigenvalue weighted by atomic mass is 9.97. The highest BCUT2D eigenvalue weighted by atomic mass is 19.4. The van der Waals surface area contributed by atoms with Gasteiger partial charge in [-0.05, 0) is 37.1 Å². The number of hydrogen-bond acceptors (Lipinski definition) is 6. The zero-order valence-corrected chi connectivity index (χ0v) is 17.1. The van der Waals surface area contributed by atoms with Crippen molar-refractivity contribution >= 4 is 35.1 Å². The van der Waals surface area contributed by atoms with Gasteiger partial charge in [0.05, 0.1) is 27.9 Å². The Morgan fingerprint density at radius 2 is 1.94 bits per heavy atom. The number of nitro benzene ring substituents is 1. The Labute approximate surface area is 184 Å². The molecule has 2 aliphatic rings. The van der Waals surface area contributed by atoms with Gasteiger partial charge < -0.3 is 19.9 Å². The SMILES string of the molecule is Cn1c2c(c3c1CCC(NC(=O)C(F)(F)F)=C3)N(c1ccc([N+](=O)[O-])cc1)C(O)C(C#N)=C2. The van der Waals surface area contributed by atoms with Gasteiger partial charge in [0.2, 0.25) is 0 Å². The molecule has 170 valence electrons. The number of carbonyl (C=O) groups excluding carboxylic acids is 1. The Kier molecular flexibility index (Phi) is 5.21. The number of non-ortho nitro benzene ring substituents is 1. The maximum atomic E-state index is 12.7. The molecule has 0 bridgehead atoms. The van der Waals surface area contributed by atoms with E-state index in [1.54, 1.807) is 11.6 Å². The molecule has 0 fully saturated rings. The summed E-state index contributed by atoms with van der Waals surface area (Å²) >= 11 is 0. The van der Waals surface area contributed by atoms with Crippen LogP contribution in [0.25, 0.3) is 12.2 Å². The van der Waals surface area contributed by atoms with Crippen LogP contribution in [-0.4, -0.2) is 32.9 Å². The number of aliphatic hydroxyl groups excluding tert-OH is 1. The van der Waals surface area contributed by atoms with Gasteiger partial charge in [-0.2, -0.15) is 18.4 Å². The number of amides is 1. The fourth-order valence-corrected chi connectivity index (χ4v) is 4.03. The number of hydrogen-bond donors (Lipinski definition) is 2. The number of aliphatic hydroxyl groups is 1. The van der Waals surface area contributed by atoms with Crippen LogP contribution in [0.3, 0.4) is 0 Å². The van der Waals surface area contributed by atoms with Crippen molar-refractivity contribution < 1.29 is 28.0 Å². The number of halogens is 3. The van der Waals surface area contributed by atoms with Gasteiger partial charge in [0, 0.05) is 41.8 Å². The highest BCUT2D eigenvalue weighted by Gasteiger charge is 2.40. The predicted octanol–water partition coefficient (Wildman–Crippen LogP) is 3.28. The largest absolute Gasteiger partial charge is 0.471 e. The fraction of sp³-hybridized carbons (Fsp3) is 0.238. The zero-order valence-electron chi connectivity index (χ0n) is 17.1. The number of nitriles is 1. The molecule has 0 radical (unpaired) electrons. The summed E-state index contributed by atoms with van der Waals surface area (Å²) in [4.78, 5) is 23.2. The average Bonchev–Trinajstić information content (AvgIpc) is 3.04. The Hall–Kier alpha value is -4.11. The normalized spacial score (nSPS) is 17.3. The van der Waals surface area contributed by atoms with Crippen LogP contribution in [0.5, 0.6) is 0 Å². The van der Waals surface area contributed by atoms with E-state index in [0.29, 0.717) is 29.1 Å². The van der Waals surface area contributed by atoms with Gasteiger partial charge in [0.25, 0.3) is 5.69 Å². The lowest BCUT2D eigenvalue weighted by molar-refractivity contribution is -0.384. The van der Waals surface area contributed by atoms with Gasteiger partial charge in [-0.25, -0.2) is 0 Å².